The molecule has 5 heteroatoms. The minimum Gasteiger partial charge on any atom is -0.379 e. The topological polar surface area (TPSA) is 59.1 Å². The normalized spacial score (nSPS) is 23.7. The second kappa shape index (κ2) is 5.31. The lowest BCUT2D eigenvalue weighted by molar-refractivity contribution is 0.101. The third-order valence-electron chi connectivity index (χ3n) is 3.40. The molecule has 1 aromatic heterocycles. The van der Waals surface area contributed by atoms with Crippen molar-refractivity contribution >= 4 is 11.6 Å². The number of rotatable bonds is 4. The first-order valence-corrected chi connectivity index (χ1v) is 6.05. The molecule has 1 aromatic rings. The molecule has 2 N–H and O–H groups in total. The zero-order valence-electron chi connectivity index (χ0n) is 10.7. The summed E-state index contributed by atoms with van der Waals surface area (Å²) in [6, 6.07) is 0.360. The van der Waals surface area contributed by atoms with Gasteiger partial charge in [-0.25, -0.2) is 9.97 Å². The van der Waals surface area contributed by atoms with E-state index in [2.05, 4.69) is 20.6 Å². The molecule has 0 radical (unpaired) electrons. The van der Waals surface area contributed by atoms with Gasteiger partial charge < -0.3 is 15.4 Å². The number of anilines is 2. The summed E-state index contributed by atoms with van der Waals surface area (Å²) in [5.74, 6) is 1.77. The summed E-state index contributed by atoms with van der Waals surface area (Å²) >= 11 is 0. The summed E-state index contributed by atoms with van der Waals surface area (Å²) in [7, 11) is 3.64. The molecule has 0 spiro atoms. The van der Waals surface area contributed by atoms with Gasteiger partial charge in [-0.15, -0.1) is 0 Å². The lowest BCUT2D eigenvalue weighted by Crippen LogP contribution is -2.30. The second-order valence-corrected chi connectivity index (χ2v) is 4.40. The Morgan fingerprint density at radius 2 is 2.06 bits per heavy atom. The fraction of sp³-hybridized carbons (Fsp3) is 0.667. The number of nitrogens with zero attached hydrogens (tertiary/aromatic N) is 2. The maximum absolute atomic E-state index is 5.47. The van der Waals surface area contributed by atoms with Gasteiger partial charge >= 0.3 is 0 Å². The second-order valence-electron chi connectivity index (χ2n) is 4.40. The average Bonchev–Trinajstić information content (AvgIpc) is 2.79. The smallest absolute Gasteiger partial charge is 0.134 e. The van der Waals surface area contributed by atoms with Crippen LogP contribution in [0.4, 0.5) is 11.6 Å². The molecule has 0 aliphatic heterocycles. The van der Waals surface area contributed by atoms with Crippen LogP contribution in [0.3, 0.4) is 0 Å². The molecule has 1 aliphatic rings. The van der Waals surface area contributed by atoms with Crippen LogP contribution >= 0.6 is 0 Å². The van der Waals surface area contributed by atoms with Gasteiger partial charge in [-0.05, 0) is 26.2 Å². The molecule has 1 fully saturated rings. The van der Waals surface area contributed by atoms with Crippen LogP contribution in [0, 0.1) is 6.92 Å². The van der Waals surface area contributed by atoms with E-state index in [4.69, 9.17) is 4.74 Å². The molecule has 94 valence electrons. The van der Waals surface area contributed by atoms with Crippen molar-refractivity contribution in [2.75, 3.05) is 24.8 Å². The first-order valence-electron chi connectivity index (χ1n) is 6.05. The van der Waals surface area contributed by atoms with Crippen LogP contribution in [0.5, 0.6) is 0 Å². The Labute approximate surface area is 102 Å². The number of ether oxygens (including phenoxy) is 1. The van der Waals surface area contributed by atoms with E-state index in [1.165, 1.54) is 6.42 Å². The van der Waals surface area contributed by atoms with Crippen molar-refractivity contribution in [3.63, 3.8) is 0 Å². The molecule has 1 heterocycles. The van der Waals surface area contributed by atoms with Crippen LogP contribution in [0.15, 0.2) is 6.33 Å². The highest BCUT2D eigenvalue weighted by Gasteiger charge is 2.27. The molecule has 5 nitrogen and oxygen atoms in total. The Hall–Kier alpha value is -1.36. The SMILES string of the molecule is CNc1ncnc(NC2CCCC2OC)c1C. The molecule has 17 heavy (non-hydrogen) atoms. The summed E-state index contributed by atoms with van der Waals surface area (Å²) in [4.78, 5) is 8.48. The quantitative estimate of drug-likeness (QED) is 0.835. The van der Waals surface area contributed by atoms with Crippen LogP contribution in [0.25, 0.3) is 0 Å². The summed E-state index contributed by atoms with van der Waals surface area (Å²) in [6.45, 7) is 2.02. The number of nitrogens with one attached hydrogen (secondary N) is 2. The Kier molecular flexibility index (Phi) is 3.78. The molecular formula is C12H20N4O. The number of methoxy groups -OCH3 is 1. The highest BCUT2D eigenvalue weighted by Crippen LogP contribution is 2.26. The van der Waals surface area contributed by atoms with Crippen LogP contribution in [0.1, 0.15) is 24.8 Å². The number of aromatic nitrogens is 2. The predicted octanol–water partition coefficient (Wildman–Crippen LogP) is 1.81. The maximum atomic E-state index is 5.47. The van der Waals surface area contributed by atoms with Gasteiger partial charge in [-0.3, -0.25) is 0 Å². The summed E-state index contributed by atoms with van der Waals surface area (Å²) in [6.07, 6.45) is 5.34. The van der Waals surface area contributed by atoms with Gasteiger partial charge in [0.15, 0.2) is 0 Å². The van der Waals surface area contributed by atoms with Crippen molar-refractivity contribution in [2.45, 2.75) is 38.3 Å². The highest BCUT2D eigenvalue weighted by molar-refractivity contribution is 5.56. The molecule has 0 bridgehead atoms. The summed E-state index contributed by atoms with van der Waals surface area (Å²) in [5.41, 5.74) is 1.05. The molecule has 0 saturated heterocycles. The highest BCUT2D eigenvalue weighted by atomic mass is 16.5. The van der Waals surface area contributed by atoms with E-state index < -0.39 is 0 Å². The van der Waals surface area contributed by atoms with E-state index in [0.717, 1.165) is 30.0 Å². The Balaban J connectivity index is 2.13. The van der Waals surface area contributed by atoms with Crippen molar-refractivity contribution in [1.29, 1.82) is 0 Å². The molecule has 2 rings (SSSR count). The van der Waals surface area contributed by atoms with Gasteiger partial charge in [0.05, 0.1) is 12.1 Å². The Bertz CT molecular complexity index is 383. The first kappa shape index (κ1) is 12.1. The third kappa shape index (κ3) is 2.49. The predicted molar refractivity (Wildman–Crippen MR) is 68.4 cm³/mol. The van der Waals surface area contributed by atoms with Gasteiger partial charge in [0, 0.05) is 19.7 Å². The molecule has 2 atom stereocenters. The van der Waals surface area contributed by atoms with Crippen LogP contribution < -0.4 is 10.6 Å². The molecule has 2 unspecified atom stereocenters. The van der Waals surface area contributed by atoms with Gasteiger partial charge in [-0.2, -0.15) is 0 Å². The lowest BCUT2D eigenvalue weighted by Gasteiger charge is -2.21. The fourth-order valence-electron chi connectivity index (χ4n) is 2.40. The average molecular weight is 236 g/mol. The van der Waals surface area contributed by atoms with E-state index >= 15 is 0 Å². The number of hydrogen-bond donors (Lipinski definition) is 2. The minimum atomic E-state index is 0.294. The van der Waals surface area contributed by atoms with Crippen molar-refractivity contribution in [3.8, 4) is 0 Å². The standard InChI is InChI=1S/C12H20N4O/c1-8-11(13-2)14-7-15-12(8)16-9-5-4-6-10(9)17-3/h7,9-10H,4-6H2,1-3H3,(H2,13,14,15,16). The zero-order valence-corrected chi connectivity index (χ0v) is 10.7. The lowest BCUT2D eigenvalue weighted by atomic mass is 10.2. The van der Waals surface area contributed by atoms with E-state index in [1.54, 1.807) is 13.4 Å². The van der Waals surface area contributed by atoms with Gasteiger partial charge in [0.1, 0.15) is 18.0 Å². The monoisotopic (exact) mass is 236 g/mol. The Morgan fingerprint density at radius 1 is 1.29 bits per heavy atom. The van der Waals surface area contributed by atoms with Crippen LogP contribution in [-0.2, 0) is 4.74 Å². The van der Waals surface area contributed by atoms with E-state index in [0.29, 0.717) is 12.1 Å². The van der Waals surface area contributed by atoms with Crippen molar-refractivity contribution in [2.24, 2.45) is 0 Å². The van der Waals surface area contributed by atoms with Crippen molar-refractivity contribution in [1.82, 2.24) is 9.97 Å². The third-order valence-corrected chi connectivity index (χ3v) is 3.40. The minimum absolute atomic E-state index is 0.294. The summed E-state index contributed by atoms with van der Waals surface area (Å²) in [5, 5.41) is 6.53. The molecule has 0 aromatic carbocycles. The summed E-state index contributed by atoms with van der Waals surface area (Å²) < 4.78 is 5.47. The van der Waals surface area contributed by atoms with E-state index in [-0.39, 0.29) is 0 Å². The van der Waals surface area contributed by atoms with Crippen molar-refractivity contribution in [3.05, 3.63) is 11.9 Å². The van der Waals surface area contributed by atoms with Crippen LogP contribution in [-0.4, -0.2) is 36.3 Å². The fourth-order valence-corrected chi connectivity index (χ4v) is 2.40. The van der Waals surface area contributed by atoms with Gasteiger partial charge in [-0.1, -0.05) is 0 Å². The zero-order chi connectivity index (χ0) is 12.3. The van der Waals surface area contributed by atoms with Crippen molar-refractivity contribution < 1.29 is 4.74 Å². The maximum Gasteiger partial charge on any atom is 0.134 e. The van der Waals surface area contributed by atoms with E-state index in [1.807, 2.05) is 14.0 Å². The Morgan fingerprint density at radius 3 is 2.76 bits per heavy atom. The molecule has 0 amide bonds. The first-order chi connectivity index (χ1) is 8.26. The van der Waals surface area contributed by atoms with Crippen LogP contribution in [0.2, 0.25) is 0 Å². The molecular weight excluding hydrogens is 216 g/mol. The van der Waals surface area contributed by atoms with Gasteiger partial charge in [0.25, 0.3) is 0 Å². The largest absolute Gasteiger partial charge is 0.379 e. The van der Waals surface area contributed by atoms with Gasteiger partial charge in [0.2, 0.25) is 0 Å². The van der Waals surface area contributed by atoms with E-state index in [9.17, 15) is 0 Å². The number of hydrogen-bond acceptors (Lipinski definition) is 5. The molecule has 1 saturated carbocycles. The molecule has 1 aliphatic carbocycles.